The van der Waals surface area contributed by atoms with Crippen LogP contribution in [0.2, 0.25) is 0 Å². The van der Waals surface area contributed by atoms with Crippen LogP contribution in [-0.2, 0) is 26.5 Å². The van der Waals surface area contributed by atoms with Crippen molar-refractivity contribution in [2.45, 2.75) is 37.3 Å². The van der Waals surface area contributed by atoms with Crippen LogP contribution in [0.5, 0.6) is 0 Å². The molecule has 1 aromatic heterocycles. The number of alkyl halides is 3. The summed E-state index contributed by atoms with van der Waals surface area (Å²) in [6.45, 7) is 1.60. The number of carbonyl (C=O) groups excluding carboxylic acids is 2. The van der Waals surface area contributed by atoms with E-state index < -0.39 is 23.9 Å². The lowest BCUT2D eigenvalue weighted by molar-refractivity contribution is -0.192. The smallest absolute Gasteiger partial charge is 0.475 e. The van der Waals surface area contributed by atoms with Crippen molar-refractivity contribution in [3.63, 3.8) is 0 Å². The highest BCUT2D eigenvalue weighted by Gasteiger charge is 2.47. The Kier molecular flexibility index (Phi) is 7.06. The molecule has 178 valence electrons. The first-order chi connectivity index (χ1) is 15.6. The number of likely N-dealkylation sites (N-methyl/N-ethyl adjacent to an activating group) is 1. The first-order valence-corrected chi connectivity index (χ1v) is 10.1. The number of piperidine rings is 1. The van der Waals surface area contributed by atoms with Crippen molar-refractivity contribution in [3.8, 4) is 0 Å². The molecule has 1 unspecified atom stereocenters. The van der Waals surface area contributed by atoms with Crippen molar-refractivity contribution in [2.75, 3.05) is 20.1 Å². The van der Waals surface area contributed by atoms with Crippen molar-refractivity contribution in [1.82, 2.24) is 19.8 Å². The van der Waals surface area contributed by atoms with E-state index in [2.05, 4.69) is 10.3 Å². The lowest BCUT2D eigenvalue weighted by Crippen LogP contribution is -2.54. The molecule has 1 aromatic carbocycles. The van der Waals surface area contributed by atoms with Crippen LogP contribution in [0, 0.1) is 0 Å². The minimum absolute atomic E-state index is 0.0300. The van der Waals surface area contributed by atoms with Crippen LogP contribution in [-0.4, -0.2) is 69.8 Å². The van der Waals surface area contributed by atoms with Gasteiger partial charge in [0.1, 0.15) is 11.4 Å². The number of carbonyl (C=O) groups is 3. The standard InChI is InChI=1S/C19H22N4O3.C2HF3O2/c1-20-16(24)15-13-23-12-9-21-18(23)19(26-15)7-10-22(11-8-19)17(25)14-5-3-2-4-6-14;3-2(4,5)1(6)7/h2-6,9,12,15H,7-8,10-11,13H2,1H3,(H,20,24);(H,6,7). The summed E-state index contributed by atoms with van der Waals surface area (Å²) in [7, 11) is 1.61. The van der Waals surface area contributed by atoms with E-state index in [9.17, 15) is 22.8 Å². The Balaban J connectivity index is 0.000000383. The first-order valence-electron chi connectivity index (χ1n) is 10.1. The number of ether oxygens (including phenoxy) is 1. The van der Waals surface area contributed by atoms with Gasteiger partial charge in [0.25, 0.3) is 11.8 Å². The summed E-state index contributed by atoms with van der Waals surface area (Å²) >= 11 is 0. The quantitative estimate of drug-likeness (QED) is 0.695. The van der Waals surface area contributed by atoms with E-state index in [1.807, 2.05) is 46.0 Å². The van der Waals surface area contributed by atoms with Crippen molar-refractivity contribution >= 4 is 17.8 Å². The van der Waals surface area contributed by atoms with Gasteiger partial charge in [0.15, 0.2) is 6.10 Å². The molecule has 33 heavy (non-hydrogen) atoms. The number of amides is 2. The van der Waals surface area contributed by atoms with E-state index >= 15 is 0 Å². The lowest BCUT2D eigenvalue weighted by atomic mass is 9.88. The third-order valence-electron chi connectivity index (χ3n) is 5.51. The molecule has 0 bridgehead atoms. The number of rotatable bonds is 2. The summed E-state index contributed by atoms with van der Waals surface area (Å²) in [5, 5.41) is 9.79. The molecule has 4 rings (SSSR count). The number of halogens is 3. The second-order valence-electron chi connectivity index (χ2n) is 7.58. The number of likely N-dealkylation sites (tertiary alicyclic amines) is 1. The largest absolute Gasteiger partial charge is 0.490 e. The highest BCUT2D eigenvalue weighted by atomic mass is 19.4. The number of aliphatic carboxylic acids is 1. The Labute approximate surface area is 187 Å². The highest BCUT2D eigenvalue weighted by Crippen LogP contribution is 2.40. The van der Waals surface area contributed by atoms with Gasteiger partial charge in [0.2, 0.25) is 0 Å². The van der Waals surface area contributed by atoms with Gasteiger partial charge in [-0.05, 0) is 12.1 Å². The van der Waals surface area contributed by atoms with E-state index in [1.54, 1.807) is 13.2 Å². The maximum Gasteiger partial charge on any atom is 0.490 e. The van der Waals surface area contributed by atoms with Crippen LogP contribution in [0.1, 0.15) is 29.0 Å². The number of imidazole rings is 1. The number of aromatic nitrogens is 2. The predicted molar refractivity (Wildman–Crippen MR) is 108 cm³/mol. The number of nitrogens with zero attached hydrogens (tertiary/aromatic N) is 3. The summed E-state index contributed by atoms with van der Waals surface area (Å²) < 4.78 is 40.0. The summed E-state index contributed by atoms with van der Waals surface area (Å²) in [5.41, 5.74) is 0.0737. The molecule has 0 radical (unpaired) electrons. The van der Waals surface area contributed by atoms with Crippen LogP contribution in [0.3, 0.4) is 0 Å². The van der Waals surface area contributed by atoms with Gasteiger partial charge in [-0.15, -0.1) is 0 Å². The molecule has 3 heterocycles. The van der Waals surface area contributed by atoms with Crippen molar-refractivity contribution in [2.24, 2.45) is 0 Å². The number of nitrogens with one attached hydrogen (secondary N) is 1. The molecule has 1 atom stereocenters. The first kappa shape index (κ1) is 24.2. The Hall–Kier alpha value is -3.41. The zero-order valence-corrected chi connectivity index (χ0v) is 17.7. The summed E-state index contributed by atoms with van der Waals surface area (Å²) in [6.07, 6.45) is -0.754. The van der Waals surface area contributed by atoms with E-state index in [1.165, 1.54) is 0 Å². The highest BCUT2D eigenvalue weighted by molar-refractivity contribution is 5.94. The van der Waals surface area contributed by atoms with E-state index in [-0.39, 0.29) is 11.8 Å². The minimum atomic E-state index is -5.08. The molecule has 1 fully saturated rings. The molecular weight excluding hydrogens is 445 g/mol. The van der Waals surface area contributed by atoms with Gasteiger partial charge in [-0.25, -0.2) is 9.78 Å². The molecule has 0 saturated carbocycles. The fraction of sp³-hybridized carbons (Fsp3) is 0.429. The summed E-state index contributed by atoms with van der Waals surface area (Å²) in [4.78, 5) is 40.1. The summed E-state index contributed by atoms with van der Waals surface area (Å²) in [6, 6.07) is 9.30. The van der Waals surface area contributed by atoms with E-state index in [0.29, 0.717) is 38.0 Å². The Morgan fingerprint density at radius 2 is 1.79 bits per heavy atom. The zero-order chi connectivity index (χ0) is 24.2. The van der Waals surface area contributed by atoms with Crippen LogP contribution in [0.4, 0.5) is 13.2 Å². The molecule has 2 aromatic rings. The van der Waals surface area contributed by atoms with E-state index in [4.69, 9.17) is 14.6 Å². The van der Waals surface area contributed by atoms with Crippen LogP contribution in [0.15, 0.2) is 42.7 Å². The second-order valence-corrected chi connectivity index (χ2v) is 7.58. The molecule has 0 aliphatic carbocycles. The van der Waals surface area contributed by atoms with E-state index in [0.717, 1.165) is 5.82 Å². The molecular formula is C21H23F3N4O5. The number of benzene rings is 1. The SMILES string of the molecule is CNC(=O)C1Cn2ccnc2C2(CCN(C(=O)c3ccccc3)CC2)O1.O=C(O)C(F)(F)F. The zero-order valence-electron chi connectivity index (χ0n) is 17.7. The number of fused-ring (bicyclic) bond motifs is 2. The van der Waals surface area contributed by atoms with Crippen molar-refractivity contribution in [3.05, 3.63) is 54.1 Å². The van der Waals surface area contributed by atoms with Crippen LogP contribution < -0.4 is 5.32 Å². The van der Waals surface area contributed by atoms with Gasteiger partial charge >= 0.3 is 12.1 Å². The number of carboxylic acids is 1. The van der Waals surface area contributed by atoms with Gasteiger partial charge in [0, 0.05) is 50.9 Å². The van der Waals surface area contributed by atoms with Crippen LogP contribution >= 0.6 is 0 Å². The van der Waals surface area contributed by atoms with Gasteiger partial charge in [0.05, 0.1) is 6.54 Å². The molecule has 12 heteroatoms. The average molecular weight is 468 g/mol. The fourth-order valence-electron chi connectivity index (χ4n) is 3.87. The maximum atomic E-state index is 12.7. The second kappa shape index (κ2) is 9.61. The van der Waals surface area contributed by atoms with Gasteiger partial charge in [-0.1, -0.05) is 18.2 Å². The Morgan fingerprint density at radius 1 is 1.18 bits per heavy atom. The van der Waals surface area contributed by atoms with Crippen molar-refractivity contribution < 1.29 is 37.4 Å². The minimum Gasteiger partial charge on any atom is -0.475 e. The molecule has 9 nitrogen and oxygen atoms in total. The molecule has 2 aliphatic rings. The predicted octanol–water partition coefficient (Wildman–Crippen LogP) is 1.79. The molecule has 1 saturated heterocycles. The monoisotopic (exact) mass is 468 g/mol. The molecule has 2 aliphatic heterocycles. The molecule has 1 spiro atoms. The van der Waals surface area contributed by atoms with Crippen LogP contribution in [0.25, 0.3) is 0 Å². The number of carboxylic acid groups (broad SMARTS) is 1. The molecule has 2 amide bonds. The Bertz CT molecular complexity index is 1000. The fourth-order valence-corrected chi connectivity index (χ4v) is 3.87. The average Bonchev–Trinajstić information content (AvgIpc) is 3.29. The van der Waals surface area contributed by atoms with Gasteiger partial charge in [-0.3, -0.25) is 9.59 Å². The van der Waals surface area contributed by atoms with Crippen molar-refractivity contribution in [1.29, 1.82) is 0 Å². The third-order valence-corrected chi connectivity index (χ3v) is 5.51. The van der Waals surface area contributed by atoms with Gasteiger partial charge < -0.3 is 24.6 Å². The van der Waals surface area contributed by atoms with Gasteiger partial charge in [-0.2, -0.15) is 13.2 Å². The molecule has 2 N–H and O–H groups in total. The summed E-state index contributed by atoms with van der Waals surface area (Å²) in [5.74, 6) is -2.01. The Morgan fingerprint density at radius 3 is 2.33 bits per heavy atom. The maximum absolute atomic E-state index is 12.7. The normalized spacial score (nSPS) is 19.2. The topological polar surface area (TPSA) is 114 Å². The number of hydrogen-bond acceptors (Lipinski definition) is 5. The lowest BCUT2D eigenvalue weighted by Gasteiger charge is -2.45. The number of hydrogen-bond donors (Lipinski definition) is 2. The third kappa shape index (κ3) is 5.33.